The molecule has 0 heterocycles. The number of rotatable bonds is 5. The summed E-state index contributed by atoms with van der Waals surface area (Å²) in [5, 5.41) is 16.6. The minimum absolute atomic E-state index is 0. The molecular formula is C6H14CdO2. The van der Waals surface area contributed by atoms with Crippen molar-refractivity contribution >= 4 is 0 Å². The molecule has 0 spiro atoms. The van der Waals surface area contributed by atoms with E-state index < -0.39 is 0 Å². The molecule has 0 radical (unpaired) electrons. The van der Waals surface area contributed by atoms with Gasteiger partial charge in [0.05, 0.1) is 0 Å². The molecule has 0 bridgehead atoms. The summed E-state index contributed by atoms with van der Waals surface area (Å²) in [7, 11) is 0. The second-order valence-corrected chi connectivity index (χ2v) is 1.86. The molecule has 2 N–H and O–H groups in total. The molecule has 0 atom stereocenters. The van der Waals surface area contributed by atoms with Gasteiger partial charge in [0.1, 0.15) is 0 Å². The van der Waals surface area contributed by atoms with E-state index in [0.717, 1.165) is 25.7 Å². The summed E-state index contributed by atoms with van der Waals surface area (Å²) in [5.74, 6) is 0. The van der Waals surface area contributed by atoms with Gasteiger partial charge in [-0.05, 0) is 12.8 Å². The molecule has 0 aromatic carbocycles. The zero-order valence-electron chi connectivity index (χ0n) is 5.84. The smallest absolute Gasteiger partial charge is 0.0431 e. The number of unbranched alkanes of at least 4 members (excludes halogenated alkanes) is 3. The number of hydrogen-bond donors (Lipinski definition) is 2. The second-order valence-electron chi connectivity index (χ2n) is 1.86. The van der Waals surface area contributed by atoms with Gasteiger partial charge in [-0.3, -0.25) is 0 Å². The summed E-state index contributed by atoms with van der Waals surface area (Å²) < 4.78 is 0. The van der Waals surface area contributed by atoms with Crippen LogP contribution in [0.3, 0.4) is 0 Å². The van der Waals surface area contributed by atoms with Gasteiger partial charge in [0.2, 0.25) is 0 Å². The van der Waals surface area contributed by atoms with Crippen LogP contribution in [0, 0.1) is 0 Å². The zero-order chi connectivity index (χ0) is 6.24. The largest absolute Gasteiger partial charge is 0.396 e. The maximum Gasteiger partial charge on any atom is 0.0431 e. The van der Waals surface area contributed by atoms with Gasteiger partial charge in [-0.1, -0.05) is 12.8 Å². The topological polar surface area (TPSA) is 40.5 Å². The van der Waals surface area contributed by atoms with Crippen molar-refractivity contribution in [2.45, 2.75) is 25.7 Å². The average molecular weight is 231 g/mol. The number of aliphatic hydroxyl groups is 2. The maximum absolute atomic E-state index is 8.30. The summed E-state index contributed by atoms with van der Waals surface area (Å²) >= 11 is 0. The van der Waals surface area contributed by atoms with E-state index in [1.807, 2.05) is 0 Å². The molecule has 0 fully saturated rings. The van der Waals surface area contributed by atoms with E-state index in [2.05, 4.69) is 0 Å². The van der Waals surface area contributed by atoms with Crippen LogP contribution in [-0.2, 0) is 27.3 Å². The summed E-state index contributed by atoms with van der Waals surface area (Å²) in [6.45, 7) is 0.566. The Morgan fingerprint density at radius 1 is 0.667 bits per heavy atom. The molecule has 0 saturated carbocycles. The monoisotopic (exact) mass is 232 g/mol. The average Bonchev–Trinajstić information content (AvgIpc) is 1.81. The van der Waals surface area contributed by atoms with Crippen molar-refractivity contribution in [3.05, 3.63) is 0 Å². The van der Waals surface area contributed by atoms with Crippen molar-refractivity contribution in [3.63, 3.8) is 0 Å². The molecule has 0 aromatic rings. The minimum atomic E-state index is 0. The Labute approximate surface area is 76.4 Å². The van der Waals surface area contributed by atoms with Gasteiger partial charge in [0.15, 0.2) is 0 Å². The van der Waals surface area contributed by atoms with Crippen LogP contribution in [0.25, 0.3) is 0 Å². The molecule has 0 aliphatic rings. The van der Waals surface area contributed by atoms with Crippen LogP contribution in [0.2, 0.25) is 0 Å². The fourth-order valence-corrected chi connectivity index (χ4v) is 0.577. The third-order valence-corrected chi connectivity index (χ3v) is 1.07. The SMILES string of the molecule is OCCCCCCO.[Cd]. The maximum atomic E-state index is 8.30. The van der Waals surface area contributed by atoms with Gasteiger partial charge in [-0.2, -0.15) is 0 Å². The van der Waals surface area contributed by atoms with Gasteiger partial charge in [-0.25, -0.2) is 0 Å². The fourth-order valence-electron chi connectivity index (χ4n) is 0.577. The summed E-state index contributed by atoms with van der Waals surface area (Å²) in [5.41, 5.74) is 0. The van der Waals surface area contributed by atoms with Crippen molar-refractivity contribution in [2.75, 3.05) is 13.2 Å². The Hall–Kier alpha value is 0.842. The van der Waals surface area contributed by atoms with Crippen LogP contribution in [0.1, 0.15) is 25.7 Å². The Bertz CT molecular complexity index is 36.0. The predicted octanol–water partition coefficient (Wildman–Crippen LogP) is 0.529. The first-order valence-corrected chi connectivity index (χ1v) is 3.13. The molecule has 0 rings (SSSR count). The first-order chi connectivity index (χ1) is 3.91. The molecule has 2 nitrogen and oxygen atoms in total. The van der Waals surface area contributed by atoms with E-state index in [0.29, 0.717) is 0 Å². The predicted molar refractivity (Wildman–Crippen MR) is 32.6 cm³/mol. The van der Waals surface area contributed by atoms with Crippen molar-refractivity contribution in [2.24, 2.45) is 0 Å². The van der Waals surface area contributed by atoms with Gasteiger partial charge in [-0.15, -0.1) is 0 Å². The fraction of sp³-hybridized carbons (Fsp3) is 1.00. The zero-order valence-corrected chi connectivity index (χ0v) is 9.88. The summed E-state index contributed by atoms with van der Waals surface area (Å²) in [6, 6.07) is 0. The van der Waals surface area contributed by atoms with Crippen LogP contribution in [0.4, 0.5) is 0 Å². The standard InChI is InChI=1S/C6H14O2.Cd/c7-5-3-1-2-4-6-8;/h7-8H,1-6H2;. The third-order valence-electron chi connectivity index (χ3n) is 1.07. The molecule has 0 aromatic heterocycles. The van der Waals surface area contributed by atoms with Crippen molar-refractivity contribution in [3.8, 4) is 0 Å². The molecule has 0 saturated heterocycles. The molecule has 0 unspecified atom stereocenters. The summed E-state index contributed by atoms with van der Waals surface area (Å²) in [4.78, 5) is 0. The van der Waals surface area contributed by atoms with Crippen LogP contribution >= 0.6 is 0 Å². The molecule has 0 aliphatic carbocycles. The summed E-state index contributed by atoms with van der Waals surface area (Å²) in [6.07, 6.45) is 3.83. The van der Waals surface area contributed by atoms with Gasteiger partial charge >= 0.3 is 0 Å². The second kappa shape index (κ2) is 11.6. The Morgan fingerprint density at radius 3 is 1.22 bits per heavy atom. The first kappa shape index (κ1) is 12.5. The van der Waals surface area contributed by atoms with E-state index in [4.69, 9.17) is 10.2 Å². The Kier molecular flexibility index (Phi) is 16.1. The first-order valence-electron chi connectivity index (χ1n) is 3.13. The van der Waals surface area contributed by atoms with Crippen molar-refractivity contribution in [1.82, 2.24) is 0 Å². The van der Waals surface area contributed by atoms with E-state index in [-0.39, 0.29) is 40.5 Å². The van der Waals surface area contributed by atoms with Crippen LogP contribution in [-0.4, -0.2) is 23.4 Å². The van der Waals surface area contributed by atoms with Gasteiger partial charge in [0, 0.05) is 40.5 Å². The van der Waals surface area contributed by atoms with Crippen LogP contribution in [0.5, 0.6) is 0 Å². The Balaban J connectivity index is 0. The number of hydrogen-bond acceptors (Lipinski definition) is 2. The van der Waals surface area contributed by atoms with E-state index in [1.165, 1.54) is 0 Å². The van der Waals surface area contributed by atoms with E-state index in [9.17, 15) is 0 Å². The van der Waals surface area contributed by atoms with Gasteiger partial charge in [0.25, 0.3) is 0 Å². The van der Waals surface area contributed by atoms with E-state index >= 15 is 0 Å². The molecule has 9 heavy (non-hydrogen) atoms. The van der Waals surface area contributed by atoms with Crippen molar-refractivity contribution < 1.29 is 37.5 Å². The molecular weight excluding hydrogens is 216 g/mol. The van der Waals surface area contributed by atoms with Gasteiger partial charge < -0.3 is 10.2 Å². The van der Waals surface area contributed by atoms with E-state index in [1.54, 1.807) is 0 Å². The molecule has 0 aliphatic heterocycles. The van der Waals surface area contributed by atoms with Crippen LogP contribution < -0.4 is 0 Å². The minimum Gasteiger partial charge on any atom is -0.396 e. The molecule has 52 valence electrons. The normalized spacial score (nSPS) is 8.67. The molecule has 3 heteroatoms. The van der Waals surface area contributed by atoms with Crippen LogP contribution in [0.15, 0.2) is 0 Å². The number of aliphatic hydroxyl groups excluding tert-OH is 2. The third kappa shape index (κ3) is 12.1. The van der Waals surface area contributed by atoms with Crippen molar-refractivity contribution in [1.29, 1.82) is 0 Å². The quantitative estimate of drug-likeness (QED) is 0.534. The Morgan fingerprint density at radius 2 is 1.00 bits per heavy atom. The molecule has 0 amide bonds.